The Balaban J connectivity index is 1.13. The third-order valence-corrected chi connectivity index (χ3v) is 6.97. The zero-order valence-corrected chi connectivity index (χ0v) is 18.8. The van der Waals surface area contributed by atoms with Crippen LogP contribution in [0.25, 0.3) is 11.1 Å². The van der Waals surface area contributed by atoms with E-state index in [1.807, 2.05) is 36.4 Å². The van der Waals surface area contributed by atoms with Crippen LogP contribution in [0, 0.1) is 5.92 Å². The van der Waals surface area contributed by atoms with Crippen LogP contribution in [0.4, 0.5) is 11.7 Å². The lowest BCUT2D eigenvalue weighted by Crippen LogP contribution is -2.38. The molecule has 2 fully saturated rings. The number of piperidine rings is 2. The lowest BCUT2D eigenvalue weighted by Gasteiger charge is -2.33. The second-order valence-corrected chi connectivity index (χ2v) is 9.23. The van der Waals surface area contributed by atoms with Crippen molar-refractivity contribution in [1.29, 1.82) is 0 Å². The number of para-hydroxylation sites is 2. The average molecular weight is 433 g/mol. The molecule has 6 nitrogen and oxygen atoms in total. The van der Waals surface area contributed by atoms with E-state index in [9.17, 15) is 4.79 Å². The fraction of sp³-hybridized carbons (Fsp3) is 0.462. The molecule has 2 aromatic carbocycles. The van der Waals surface area contributed by atoms with E-state index in [4.69, 9.17) is 4.42 Å². The molecule has 1 amide bonds. The number of hydrogen-bond donors (Lipinski definition) is 1. The number of carbonyl (C=O) groups is 1. The monoisotopic (exact) mass is 432 g/mol. The number of fused-ring (bicyclic) bond motifs is 1. The molecule has 2 saturated heterocycles. The molecule has 1 unspecified atom stereocenters. The maximum Gasteiger partial charge on any atom is 0.298 e. The van der Waals surface area contributed by atoms with E-state index in [-0.39, 0.29) is 11.8 Å². The zero-order valence-electron chi connectivity index (χ0n) is 18.8. The molecule has 3 aromatic rings. The Morgan fingerprint density at radius 1 is 1.03 bits per heavy atom. The van der Waals surface area contributed by atoms with Gasteiger partial charge in [-0.05, 0) is 69.0 Å². The van der Waals surface area contributed by atoms with Crippen LogP contribution in [0.15, 0.2) is 52.9 Å². The van der Waals surface area contributed by atoms with Gasteiger partial charge in [0, 0.05) is 37.3 Å². The molecule has 2 aliphatic rings. The molecular weight excluding hydrogens is 400 g/mol. The van der Waals surface area contributed by atoms with Crippen molar-refractivity contribution in [1.82, 2.24) is 9.88 Å². The van der Waals surface area contributed by atoms with Crippen molar-refractivity contribution in [2.45, 2.75) is 51.6 Å². The number of aromatic nitrogens is 1. The SMILES string of the molecule is CC1CCCCN1Cc1ccc(NC(=O)C2CCN(c3nc4ccccc4o3)CC2)cc1. The molecule has 0 saturated carbocycles. The first kappa shape index (κ1) is 21.0. The van der Waals surface area contributed by atoms with E-state index < -0.39 is 0 Å². The Bertz CT molecular complexity index is 1020. The molecule has 0 spiro atoms. The van der Waals surface area contributed by atoms with Crippen molar-refractivity contribution < 1.29 is 9.21 Å². The van der Waals surface area contributed by atoms with Gasteiger partial charge in [0.2, 0.25) is 5.91 Å². The van der Waals surface area contributed by atoms with Crippen molar-refractivity contribution in [3.05, 3.63) is 54.1 Å². The first-order chi connectivity index (χ1) is 15.7. The highest BCUT2D eigenvalue weighted by molar-refractivity contribution is 5.92. The number of nitrogens with one attached hydrogen (secondary N) is 1. The average Bonchev–Trinajstić information content (AvgIpc) is 3.26. The van der Waals surface area contributed by atoms with Crippen LogP contribution in [-0.2, 0) is 11.3 Å². The van der Waals surface area contributed by atoms with E-state index in [2.05, 4.69) is 39.2 Å². The van der Waals surface area contributed by atoms with Gasteiger partial charge >= 0.3 is 0 Å². The molecule has 0 radical (unpaired) electrons. The second-order valence-electron chi connectivity index (χ2n) is 9.23. The van der Waals surface area contributed by atoms with Gasteiger partial charge in [0.1, 0.15) is 5.52 Å². The summed E-state index contributed by atoms with van der Waals surface area (Å²) in [5, 5.41) is 3.12. The predicted molar refractivity (Wildman–Crippen MR) is 128 cm³/mol. The number of carbonyl (C=O) groups excluding carboxylic acids is 1. The molecule has 2 aliphatic heterocycles. The highest BCUT2D eigenvalue weighted by atomic mass is 16.4. The summed E-state index contributed by atoms with van der Waals surface area (Å²) in [5.74, 6) is 0.129. The fourth-order valence-corrected chi connectivity index (χ4v) is 4.89. The normalized spacial score (nSPS) is 20.5. The molecule has 1 N–H and O–H groups in total. The second kappa shape index (κ2) is 9.33. The molecule has 1 aromatic heterocycles. The zero-order chi connectivity index (χ0) is 21.9. The van der Waals surface area contributed by atoms with Crippen molar-refractivity contribution in [2.24, 2.45) is 5.92 Å². The third-order valence-electron chi connectivity index (χ3n) is 6.97. The predicted octanol–water partition coefficient (Wildman–Crippen LogP) is 5.06. The van der Waals surface area contributed by atoms with Crippen LogP contribution in [0.3, 0.4) is 0 Å². The van der Waals surface area contributed by atoms with Gasteiger partial charge in [-0.3, -0.25) is 9.69 Å². The van der Waals surface area contributed by atoms with Crippen LogP contribution in [0.1, 0.15) is 44.6 Å². The number of likely N-dealkylation sites (tertiary alicyclic amines) is 1. The summed E-state index contributed by atoms with van der Waals surface area (Å²) in [4.78, 5) is 22.1. The summed E-state index contributed by atoms with van der Waals surface area (Å²) in [6.07, 6.45) is 5.53. The molecule has 6 heteroatoms. The Kier molecular flexibility index (Phi) is 6.12. The number of anilines is 2. The van der Waals surface area contributed by atoms with Crippen LogP contribution in [-0.4, -0.2) is 41.5 Å². The van der Waals surface area contributed by atoms with E-state index in [0.717, 1.165) is 49.3 Å². The minimum atomic E-state index is 0.0181. The number of amides is 1. The van der Waals surface area contributed by atoms with Gasteiger partial charge in [-0.1, -0.05) is 30.7 Å². The topological polar surface area (TPSA) is 61.6 Å². The van der Waals surface area contributed by atoms with Crippen LogP contribution < -0.4 is 10.2 Å². The molecule has 0 aliphatic carbocycles. The van der Waals surface area contributed by atoms with E-state index >= 15 is 0 Å². The van der Waals surface area contributed by atoms with E-state index in [0.29, 0.717) is 12.1 Å². The smallest absolute Gasteiger partial charge is 0.298 e. The Labute approximate surface area is 189 Å². The standard InChI is InChI=1S/C26H32N4O2/c1-19-6-4-5-15-30(19)18-20-9-11-22(12-10-20)27-25(31)21-13-16-29(17-14-21)26-28-23-7-2-3-8-24(23)32-26/h2-3,7-12,19,21H,4-6,13-18H2,1H3,(H,27,31). The van der Waals surface area contributed by atoms with E-state index in [1.54, 1.807) is 0 Å². The lowest BCUT2D eigenvalue weighted by atomic mass is 9.96. The quantitative estimate of drug-likeness (QED) is 0.611. The van der Waals surface area contributed by atoms with Crippen LogP contribution >= 0.6 is 0 Å². The Morgan fingerprint density at radius 2 is 1.81 bits per heavy atom. The number of rotatable bonds is 5. The van der Waals surface area contributed by atoms with Gasteiger partial charge in [-0.15, -0.1) is 0 Å². The summed E-state index contributed by atoms with van der Waals surface area (Å²) in [7, 11) is 0. The summed E-state index contributed by atoms with van der Waals surface area (Å²) >= 11 is 0. The van der Waals surface area contributed by atoms with Gasteiger partial charge in [0.05, 0.1) is 0 Å². The molecule has 3 heterocycles. The molecule has 168 valence electrons. The molecular formula is C26H32N4O2. The Morgan fingerprint density at radius 3 is 2.56 bits per heavy atom. The minimum absolute atomic E-state index is 0.0181. The lowest BCUT2D eigenvalue weighted by molar-refractivity contribution is -0.120. The van der Waals surface area contributed by atoms with E-state index in [1.165, 1.54) is 31.4 Å². The summed E-state index contributed by atoms with van der Waals surface area (Å²) in [6, 6.07) is 17.5. The molecule has 0 bridgehead atoms. The van der Waals surface area contributed by atoms with Gasteiger partial charge < -0.3 is 14.6 Å². The van der Waals surface area contributed by atoms with Crippen molar-refractivity contribution in [3.8, 4) is 0 Å². The van der Waals surface area contributed by atoms with Crippen molar-refractivity contribution >= 4 is 28.7 Å². The fourth-order valence-electron chi connectivity index (χ4n) is 4.89. The van der Waals surface area contributed by atoms with Gasteiger partial charge in [0.25, 0.3) is 6.01 Å². The van der Waals surface area contributed by atoms with Crippen LogP contribution in [0.2, 0.25) is 0 Å². The summed E-state index contributed by atoms with van der Waals surface area (Å²) in [5.41, 5.74) is 3.87. The molecule has 32 heavy (non-hydrogen) atoms. The number of benzene rings is 2. The maximum absolute atomic E-state index is 12.8. The highest BCUT2D eigenvalue weighted by Gasteiger charge is 2.27. The number of oxazole rings is 1. The molecule has 1 atom stereocenters. The van der Waals surface area contributed by atoms with Crippen molar-refractivity contribution in [3.63, 3.8) is 0 Å². The summed E-state index contributed by atoms with van der Waals surface area (Å²) < 4.78 is 5.88. The highest BCUT2D eigenvalue weighted by Crippen LogP contribution is 2.27. The van der Waals surface area contributed by atoms with Crippen molar-refractivity contribution in [2.75, 3.05) is 29.9 Å². The Hall–Kier alpha value is -2.86. The maximum atomic E-state index is 12.8. The summed E-state index contributed by atoms with van der Waals surface area (Å²) in [6.45, 7) is 6.05. The first-order valence-corrected chi connectivity index (χ1v) is 11.9. The minimum Gasteiger partial charge on any atom is -0.423 e. The number of hydrogen-bond acceptors (Lipinski definition) is 5. The largest absolute Gasteiger partial charge is 0.423 e. The molecule has 5 rings (SSSR count). The van der Waals surface area contributed by atoms with Gasteiger partial charge in [-0.2, -0.15) is 4.98 Å². The van der Waals surface area contributed by atoms with Gasteiger partial charge in [-0.25, -0.2) is 0 Å². The van der Waals surface area contributed by atoms with Gasteiger partial charge in [0.15, 0.2) is 5.58 Å². The van der Waals surface area contributed by atoms with Crippen LogP contribution in [0.5, 0.6) is 0 Å². The number of nitrogens with zero attached hydrogens (tertiary/aromatic N) is 3. The third kappa shape index (κ3) is 4.65. The first-order valence-electron chi connectivity index (χ1n) is 11.9.